The number of benzene rings is 1. The highest BCUT2D eigenvalue weighted by molar-refractivity contribution is 5.76. The summed E-state index contributed by atoms with van der Waals surface area (Å²) in [7, 11) is 3.53. The molecule has 4 rings (SSSR count). The monoisotopic (exact) mass is 406 g/mol. The normalized spacial score (nSPS) is 15.9. The zero-order chi connectivity index (χ0) is 20.9. The van der Waals surface area contributed by atoms with Crippen molar-refractivity contribution in [1.29, 1.82) is 0 Å². The molecule has 8 heteroatoms. The zero-order valence-electron chi connectivity index (χ0n) is 17.3. The van der Waals surface area contributed by atoms with Crippen LogP contribution in [0.4, 0.5) is 5.95 Å². The van der Waals surface area contributed by atoms with Crippen LogP contribution in [0.2, 0.25) is 0 Å². The number of aryl methyl sites for hydroxylation is 2. The van der Waals surface area contributed by atoms with Gasteiger partial charge in [0.2, 0.25) is 11.9 Å². The summed E-state index contributed by atoms with van der Waals surface area (Å²) in [5.74, 6) is 1.56. The first-order valence-corrected chi connectivity index (χ1v) is 10.1. The van der Waals surface area contributed by atoms with Crippen molar-refractivity contribution in [1.82, 2.24) is 25.1 Å². The zero-order valence-corrected chi connectivity index (χ0v) is 17.3. The van der Waals surface area contributed by atoms with Crippen molar-refractivity contribution in [3.63, 3.8) is 0 Å². The molecular weight excluding hydrogens is 380 g/mol. The number of aromatic nitrogens is 4. The Hall–Kier alpha value is -3.42. The topological polar surface area (TPSA) is 85.2 Å². The fraction of sp³-hybridized carbons (Fsp3) is 0.364. The van der Waals surface area contributed by atoms with E-state index < -0.39 is 0 Å². The molecule has 3 heterocycles. The summed E-state index contributed by atoms with van der Waals surface area (Å²) < 4.78 is 7.11. The Morgan fingerprint density at radius 3 is 2.97 bits per heavy atom. The van der Waals surface area contributed by atoms with E-state index in [4.69, 9.17) is 4.74 Å². The molecule has 1 unspecified atom stereocenters. The molecular formula is C22H26N6O2. The molecule has 2 aromatic heterocycles. The highest BCUT2D eigenvalue weighted by atomic mass is 16.5. The molecule has 1 aliphatic heterocycles. The minimum absolute atomic E-state index is 0.0535. The number of hydrogen-bond donors (Lipinski definition) is 1. The van der Waals surface area contributed by atoms with Gasteiger partial charge < -0.3 is 15.0 Å². The van der Waals surface area contributed by atoms with Gasteiger partial charge in [0, 0.05) is 50.6 Å². The number of para-hydroxylation sites is 1. The van der Waals surface area contributed by atoms with E-state index in [2.05, 4.69) is 25.3 Å². The largest absolute Gasteiger partial charge is 0.496 e. The average Bonchev–Trinajstić information content (AvgIpc) is 3.42. The minimum atomic E-state index is 0.0535. The Balaban J connectivity index is 1.32. The molecule has 1 amide bonds. The van der Waals surface area contributed by atoms with E-state index >= 15 is 0 Å². The Morgan fingerprint density at radius 2 is 2.17 bits per heavy atom. The van der Waals surface area contributed by atoms with Crippen LogP contribution in [0, 0.1) is 0 Å². The summed E-state index contributed by atoms with van der Waals surface area (Å²) in [6.45, 7) is 1.52. The number of ether oxygens (including phenoxy) is 1. The number of hydrogen-bond acceptors (Lipinski definition) is 6. The number of rotatable bonds is 7. The Kier molecular flexibility index (Phi) is 5.92. The maximum absolute atomic E-state index is 12.4. The second-order valence-electron chi connectivity index (χ2n) is 7.46. The average molecular weight is 406 g/mol. The summed E-state index contributed by atoms with van der Waals surface area (Å²) in [5.41, 5.74) is 2.85. The lowest BCUT2D eigenvalue weighted by Crippen LogP contribution is -2.37. The molecule has 8 nitrogen and oxygen atoms in total. The van der Waals surface area contributed by atoms with Crippen molar-refractivity contribution in [2.24, 2.45) is 7.05 Å². The number of amides is 1. The molecule has 1 N–H and O–H groups in total. The van der Waals surface area contributed by atoms with E-state index in [1.807, 2.05) is 43.6 Å². The van der Waals surface area contributed by atoms with E-state index in [1.165, 1.54) is 0 Å². The molecule has 1 aliphatic rings. The van der Waals surface area contributed by atoms with Gasteiger partial charge in [-0.25, -0.2) is 9.97 Å². The third-order valence-corrected chi connectivity index (χ3v) is 5.29. The molecule has 0 saturated carbocycles. The lowest BCUT2D eigenvalue weighted by molar-refractivity contribution is -0.121. The van der Waals surface area contributed by atoms with Gasteiger partial charge in [-0.15, -0.1) is 0 Å². The molecule has 30 heavy (non-hydrogen) atoms. The lowest BCUT2D eigenvalue weighted by atomic mass is 10.1. The second-order valence-corrected chi connectivity index (χ2v) is 7.46. The van der Waals surface area contributed by atoms with Crippen LogP contribution >= 0.6 is 0 Å². The van der Waals surface area contributed by atoms with Crippen LogP contribution < -0.4 is 15.0 Å². The molecule has 156 valence electrons. The number of nitrogens with one attached hydrogen (secondary N) is 1. The molecule has 3 aromatic rings. The highest BCUT2D eigenvalue weighted by Gasteiger charge is 2.26. The second kappa shape index (κ2) is 8.94. The summed E-state index contributed by atoms with van der Waals surface area (Å²) in [5, 5.41) is 7.35. The molecule has 1 fully saturated rings. The third kappa shape index (κ3) is 4.59. The maximum Gasteiger partial charge on any atom is 0.225 e. The highest BCUT2D eigenvalue weighted by Crippen LogP contribution is 2.22. The van der Waals surface area contributed by atoms with Crippen LogP contribution in [0.1, 0.15) is 18.4 Å². The van der Waals surface area contributed by atoms with Crippen LogP contribution in [0.25, 0.3) is 11.3 Å². The van der Waals surface area contributed by atoms with Gasteiger partial charge >= 0.3 is 0 Å². The van der Waals surface area contributed by atoms with E-state index in [-0.39, 0.29) is 11.9 Å². The first-order chi connectivity index (χ1) is 14.6. The Labute approximate surface area is 175 Å². The molecule has 1 aromatic carbocycles. The van der Waals surface area contributed by atoms with Crippen molar-refractivity contribution >= 4 is 11.9 Å². The molecule has 0 aliphatic carbocycles. The van der Waals surface area contributed by atoms with Crippen molar-refractivity contribution in [3.05, 3.63) is 54.5 Å². The number of carbonyl (C=O) groups is 1. The lowest BCUT2D eigenvalue weighted by Gasteiger charge is -2.17. The Bertz CT molecular complexity index is 1020. The summed E-state index contributed by atoms with van der Waals surface area (Å²) >= 11 is 0. The molecule has 0 radical (unpaired) electrons. The number of anilines is 1. The van der Waals surface area contributed by atoms with Gasteiger partial charge in [0.15, 0.2) is 0 Å². The summed E-state index contributed by atoms with van der Waals surface area (Å²) in [6.07, 6.45) is 7.46. The van der Waals surface area contributed by atoms with Crippen molar-refractivity contribution in [2.75, 3.05) is 25.1 Å². The van der Waals surface area contributed by atoms with E-state index in [0.29, 0.717) is 25.3 Å². The predicted molar refractivity (Wildman–Crippen MR) is 114 cm³/mol. The van der Waals surface area contributed by atoms with Gasteiger partial charge in [-0.2, -0.15) is 5.10 Å². The van der Waals surface area contributed by atoms with Gasteiger partial charge in [-0.3, -0.25) is 9.48 Å². The van der Waals surface area contributed by atoms with Crippen LogP contribution in [0.5, 0.6) is 5.75 Å². The Morgan fingerprint density at radius 1 is 1.30 bits per heavy atom. The quantitative estimate of drug-likeness (QED) is 0.648. The fourth-order valence-corrected chi connectivity index (χ4v) is 3.73. The molecule has 1 atom stereocenters. The van der Waals surface area contributed by atoms with Crippen LogP contribution in [0.3, 0.4) is 0 Å². The predicted octanol–water partition coefficient (Wildman–Crippen LogP) is 2.21. The van der Waals surface area contributed by atoms with Crippen molar-refractivity contribution in [3.8, 4) is 17.0 Å². The van der Waals surface area contributed by atoms with Gasteiger partial charge in [0.1, 0.15) is 5.75 Å². The summed E-state index contributed by atoms with van der Waals surface area (Å²) in [6, 6.07) is 9.79. The molecule has 1 saturated heterocycles. The smallest absolute Gasteiger partial charge is 0.225 e. The first-order valence-electron chi connectivity index (χ1n) is 10.1. The molecule has 0 spiro atoms. The fourth-order valence-electron chi connectivity index (χ4n) is 3.73. The molecule has 0 bridgehead atoms. The number of nitrogens with zero attached hydrogens (tertiary/aromatic N) is 5. The van der Waals surface area contributed by atoms with E-state index in [1.54, 1.807) is 24.2 Å². The van der Waals surface area contributed by atoms with Crippen LogP contribution in [0.15, 0.2) is 48.9 Å². The van der Waals surface area contributed by atoms with Crippen LogP contribution in [-0.2, 0) is 18.3 Å². The third-order valence-electron chi connectivity index (χ3n) is 5.29. The number of carbonyl (C=O) groups excluding carboxylic acids is 1. The van der Waals surface area contributed by atoms with E-state index in [0.717, 1.165) is 35.5 Å². The van der Waals surface area contributed by atoms with Crippen molar-refractivity contribution in [2.45, 2.75) is 25.3 Å². The maximum atomic E-state index is 12.4. The van der Waals surface area contributed by atoms with Gasteiger partial charge in [-0.05, 0) is 30.5 Å². The van der Waals surface area contributed by atoms with Gasteiger partial charge in [-0.1, -0.05) is 18.2 Å². The standard InChI is InChI=1S/C22H26N6O2/c1-27-14-17(13-24-27)19-9-11-23-22(26-19)28-12-10-18(15-28)25-21(29)8-7-16-5-3-4-6-20(16)30-2/h3-6,9,11,13-14,18H,7-8,10,12,15H2,1-2H3,(H,25,29). The minimum Gasteiger partial charge on any atom is -0.496 e. The van der Waals surface area contributed by atoms with Crippen LogP contribution in [-0.4, -0.2) is 51.9 Å². The first kappa shape index (κ1) is 19.9. The van der Waals surface area contributed by atoms with Gasteiger partial charge in [0.25, 0.3) is 0 Å². The van der Waals surface area contributed by atoms with Crippen molar-refractivity contribution < 1.29 is 9.53 Å². The van der Waals surface area contributed by atoms with E-state index in [9.17, 15) is 4.79 Å². The summed E-state index contributed by atoms with van der Waals surface area (Å²) in [4.78, 5) is 23.7. The number of methoxy groups -OCH3 is 1. The van der Waals surface area contributed by atoms with Gasteiger partial charge in [0.05, 0.1) is 19.0 Å². The SMILES string of the molecule is COc1ccccc1CCC(=O)NC1CCN(c2nccc(-c3cnn(C)c3)n2)C1.